The molecule has 0 aromatic heterocycles. The Balaban J connectivity index is 2.66. The van der Waals surface area contributed by atoms with Crippen LogP contribution in [0.2, 0.25) is 0 Å². The van der Waals surface area contributed by atoms with E-state index in [1.165, 1.54) is 0 Å². The second kappa shape index (κ2) is 4.78. The molecule has 0 fully saturated rings. The van der Waals surface area contributed by atoms with Gasteiger partial charge in [0.05, 0.1) is 19.8 Å². The van der Waals surface area contributed by atoms with Crippen LogP contribution in [0.5, 0.6) is 17.2 Å². The third-order valence-corrected chi connectivity index (χ3v) is 2.55. The van der Waals surface area contributed by atoms with E-state index in [0.717, 1.165) is 11.1 Å². The van der Waals surface area contributed by atoms with Gasteiger partial charge in [0.15, 0.2) is 0 Å². The smallest absolute Gasteiger partial charge is 0.134 e. The van der Waals surface area contributed by atoms with Crippen LogP contribution in [0.15, 0.2) is 42.5 Å². The van der Waals surface area contributed by atoms with Crippen LogP contribution in [-0.2, 0) is 0 Å². The van der Waals surface area contributed by atoms with Crippen LogP contribution in [0.1, 0.15) is 0 Å². The summed E-state index contributed by atoms with van der Waals surface area (Å²) in [6.07, 6.45) is 0. The summed E-state index contributed by atoms with van der Waals surface area (Å²) in [5, 5.41) is 9.57. The van der Waals surface area contributed by atoms with Crippen molar-refractivity contribution in [2.24, 2.45) is 0 Å². The van der Waals surface area contributed by atoms with Gasteiger partial charge in [0.2, 0.25) is 0 Å². The normalized spacial score (nSPS) is 10.0. The molecule has 88 valence electrons. The fourth-order valence-electron chi connectivity index (χ4n) is 1.79. The van der Waals surface area contributed by atoms with Crippen molar-refractivity contribution in [1.29, 1.82) is 0 Å². The number of hydrogen-bond donors (Lipinski definition) is 1. The average molecular weight is 230 g/mol. The third kappa shape index (κ3) is 2.18. The fourth-order valence-corrected chi connectivity index (χ4v) is 1.79. The van der Waals surface area contributed by atoms with Crippen molar-refractivity contribution in [3.8, 4) is 28.4 Å². The van der Waals surface area contributed by atoms with Crippen molar-refractivity contribution in [1.82, 2.24) is 0 Å². The van der Waals surface area contributed by atoms with Gasteiger partial charge in [0.1, 0.15) is 17.2 Å². The number of phenolic OH excluding ortho intramolecular Hbond substituents is 1. The van der Waals surface area contributed by atoms with Crippen LogP contribution >= 0.6 is 0 Å². The minimum atomic E-state index is 0.124. The molecule has 0 aliphatic carbocycles. The van der Waals surface area contributed by atoms with Crippen LogP contribution in [0.3, 0.4) is 0 Å². The van der Waals surface area contributed by atoms with E-state index in [4.69, 9.17) is 9.47 Å². The predicted molar refractivity (Wildman–Crippen MR) is 66.6 cm³/mol. The standard InChI is InChI=1S/C14H14O3/c1-16-12-8-11(15)9-13(17-2)14(12)10-6-4-3-5-7-10/h3-9,15H,1-2H3. The van der Waals surface area contributed by atoms with Crippen LogP contribution in [0, 0.1) is 0 Å². The van der Waals surface area contributed by atoms with Crippen LogP contribution < -0.4 is 9.47 Å². The number of methoxy groups -OCH3 is 2. The van der Waals surface area contributed by atoms with Gasteiger partial charge in [-0.2, -0.15) is 0 Å². The molecule has 3 heteroatoms. The van der Waals surface area contributed by atoms with E-state index in [0.29, 0.717) is 11.5 Å². The lowest BCUT2D eigenvalue weighted by Gasteiger charge is -2.13. The van der Waals surface area contributed by atoms with Crippen molar-refractivity contribution in [2.45, 2.75) is 0 Å². The van der Waals surface area contributed by atoms with Gasteiger partial charge in [-0.25, -0.2) is 0 Å². The molecule has 0 aliphatic heterocycles. The predicted octanol–water partition coefficient (Wildman–Crippen LogP) is 3.08. The number of ether oxygens (including phenoxy) is 2. The summed E-state index contributed by atoms with van der Waals surface area (Å²) in [5.74, 6) is 1.31. The Morgan fingerprint density at radius 2 is 1.41 bits per heavy atom. The van der Waals surface area contributed by atoms with E-state index in [2.05, 4.69) is 0 Å². The maximum atomic E-state index is 9.57. The van der Waals surface area contributed by atoms with E-state index in [1.807, 2.05) is 30.3 Å². The minimum absolute atomic E-state index is 0.124. The molecule has 0 amide bonds. The Hall–Kier alpha value is -2.16. The van der Waals surface area contributed by atoms with Crippen LogP contribution in [-0.4, -0.2) is 19.3 Å². The molecule has 0 spiro atoms. The number of phenols is 1. The Kier molecular flexibility index (Phi) is 3.19. The molecular weight excluding hydrogens is 216 g/mol. The van der Waals surface area contributed by atoms with E-state index in [-0.39, 0.29) is 5.75 Å². The lowest BCUT2D eigenvalue weighted by molar-refractivity contribution is 0.388. The Labute approximate surface area is 100 Å². The number of rotatable bonds is 3. The van der Waals surface area contributed by atoms with Crippen LogP contribution in [0.25, 0.3) is 11.1 Å². The highest BCUT2D eigenvalue weighted by Crippen LogP contribution is 2.41. The number of aromatic hydroxyl groups is 1. The largest absolute Gasteiger partial charge is 0.508 e. The first kappa shape index (κ1) is 11.3. The molecule has 0 unspecified atom stereocenters. The molecule has 0 radical (unpaired) electrons. The zero-order valence-electron chi connectivity index (χ0n) is 9.81. The summed E-state index contributed by atoms with van der Waals surface area (Å²) in [7, 11) is 3.14. The zero-order chi connectivity index (χ0) is 12.3. The molecule has 0 atom stereocenters. The van der Waals surface area contributed by atoms with Gasteiger partial charge in [-0.3, -0.25) is 0 Å². The van der Waals surface area contributed by atoms with Gasteiger partial charge in [-0.1, -0.05) is 30.3 Å². The highest BCUT2D eigenvalue weighted by Gasteiger charge is 2.13. The van der Waals surface area contributed by atoms with Gasteiger partial charge < -0.3 is 14.6 Å². The first-order valence-electron chi connectivity index (χ1n) is 5.26. The second-order valence-corrected chi connectivity index (χ2v) is 3.59. The topological polar surface area (TPSA) is 38.7 Å². The van der Waals surface area contributed by atoms with Crippen molar-refractivity contribution < 1.29 is 14.6 Å². The van der Waals surface area contributed by atoms with Gasteiger partial charge in [-0.15, -0.1) is 0 Å². The van der Waals surface area contributed by atoms with Crippen molar-refractivity contribution in [3.05, 3.63) is 42.5 Å². The van der Waals surface area contributed by atoms with Gasteiger partial charge in [0, 0.05) is 12.1 Å². The summed E-state index contributed by atoms with van der Waals surface area (Å²) in [5.41, 5.74) is 1.83. The van der Waals surface area contributed by atoms with E-state index in [1.54, 1.807) is 26.4 Å². The Morgan fingerprint density at radius 1 is 0.882 bits per heavy atom. The summed E-state index contributed by atoms with van der Waals surface area (Å²) in [6, 6.07) is 12.9. The summed E-state index contributed by atoms with van der Waals surface area (Å²) in [4.78, 5) is 0. The quantitative estimate of drug-likeness (QED) is 0.880. The molecule has 0 heterocycles. The van der Waals surface area contributed by atoms with E-state index < -0.39 is 0 Å². The molecule has 17 heavy (non-hydrogen) atoms. The zero-order valence-corrected chi connectivity index (χ0v) is 9.81. The lowest BCUT2D eigenvalue weighted by Crippen LogP contribution is -1.93. The van der Waals surface area contributed by atoms with Gasteiger partial charge in [0.25, 0.3) is 0 Å². The molecule has 0 aliphatic rings. The molecular formula is C14H14O3. The molecule has 2 aromatic rings. The average Bonchev–Trinajstić information content (AvgIpc) is 2.38. The molecule has 2 aromatic carbocycles. The first-order chi connectivity index (χ1) is 8.26. The molecule has 0 bridgehead atoms. The van der Waals surface area contributed by atoms with Gasteiger partial charge >= 0.3 is 0 Å². The SMILES string of the molecule is COc1cc(O)cc(OC)c1-c1ccccc1. The maximum absolute atomic E-state index is 9.57. The molecule has 3 nitrogen and oxygen atoms in total. The van der Waals surface area contributed by atoms with Crippen molar-refractivity contribution >= 4 is 0 Å². The Morgan fingerprint density at radius 3 is 1.88 bits per heavy atom. The third-order valence-electron chi connectivity index (χ3n) is 2.55. The minimum Gasteiger partial charge on any atom is -0.508 e. The number of hydrogen-bond acceptors (Lipinski definition) is 3. The first-order valence-corrected chi connectivity index (χ1v) is 5.26. The van der Waals surface area contributed by atoms with Gasteiger partial charge in [-0.05, 0) is 5.56 Å². The van der Waals surface area contributed by atoms with Crippen molar-refractivity contribution in [2.75, 3.05) is 14.2 Å². The monoisotopic (exact) mass is 230 g/mol. The highest BCUT2D eigenvalue weighted by atomic mass is 16.5. The summed E-state index contributed by atoms with van der Waals surface area (Å²) < 4.78 is 10.6. The lowest BCUT2D eigenvalue weighted by atomic mass is 10.0. The van der Waals surface area contributed by atoms with E-state index >= 15 is 0 Å². The molecule has 0 saturated heterocycles. The van der Waals surface area contributed by atoms with Crippen molar-refractivity contribution in [3.63, 3.8) is 0 Å². The van der Waals surface area contributed by atoms with E-state index in [9.17, 15) is 5.11 Å². The maximum Gasteiger partial charge on any atom is 0.134 e. The second-order valence-electron chi connectivity index (χ2n) is 3.59. The van der Waals surface area contributed by atoms with Crippen LogP contribution in [0.4, 0.5) is 0 Å². The summed E-state index contributed by atoms with van der Waals surface area (Å²) >= 11 is 0. The molecule has 2 rings (SSSR count). The molecule has 0 saturated carbocycles. The Bertz CT molecular complexity index is 481. The molecule has 1 N–H and O–H groups in total. The summed E-state index contributed by atoms with van der Waals surface area (Å²) in [6.45, 7) is 0. The fraction of sp³-hybridized carbons (Fsp3) is 0.143. The number of benzene rings is 2. The highest BCUT2D eigenvalue weighted by molar-refractivity contribution is 5.78.